The monoisotopic (exact) mass is 249 g/mol. The molecule has 2 rings (SSSR count). The number of carbonyl (C=O) groups excluding carboxylic acids is 1. The van der Waals surface area contributed by atoms with Crippen molar-refractivity contribution < 1.29 is 14.6 Å². The fourth-order valence-electron chi connectivity index (χ4n) is 1.24. The molecule has 0 radical (unpaired) electrons. The van der Waals surface area contributed by atoms with Gasteiger partial charge >= 0.3 is 5.97 Å². The normalized spacial score (nSPS) is 10.2. The first-order chi connectivity index (χ1) is 8.19. The van der Waals surface area contributed by atoms with Crippen molar-refractivity contribution in [1.29, 1.82) is 0 Å². The van der Waals surface area contributed by atoms with E-state index in [0.717, 1.165) is 11.4 Å². The number of phenolic OH excluding ortho intramolecular Hbond substituents is 1. The predicted molar refractivity (Wildman–Crippen MR) is 64.6 cm³/mol. The van der Waals surface area contributed by atoms with E-state index < -0.39 is 5.97 Å². The number of aryl methyl sites for hydroxylation is 1. The number of phenols is 1. The van der Waals surface area contributed by atoms with Gasteiger partial charge < -0.3 is 9.84 Å². The summed E-state index contributed by atoms with van der Waals surface area (Å²) in [5, 5.41) is 11.7. The molecule has 0 saturated heterocycles. The number of esters is 1. The lowest BCUT2D eigenvalue weighted by molar-refractivity contribution is 0.0729. The molecule has 0 unspecified atom stereocenters. The molecule has 0 spiro atoms. The first kappa shape index (κ1) is 11.6. The molecule has 4 nitrogen and oxygen atoms in total. The van der Waals surface area contributed by atoms with Crippen LogP contribution in [-0.4, -0.2) is 16.1 Å². The summed E-state index contributed by atoms with van der Waals surface area (Å²) in [6.07, 6.45) is 0.803. The molecule has 17 heavy (non-hydrogen) atoms. The summed E-state index contributed by atoms with van der Waals surface area (Å²) >= 11 is 1.44. The van der Waals surface area contributed by atoms with Crippen molar-refractivity contribution in [2.75, 3.05) is 0 Å². The van der Waals surface area contributed by atoms with Crippen molar-refractivity contribution in [3.05, 3.63) is 40.3 Å². The van der Waals surface area contributed by atoms with Crippen molar-refractivity contribution in [3.8, 4) is 11.5 Å². The summed E-state index contributed by atoms with van der Waals surface area (Å²) < 4.78 is 5.11. The number of benzene rings is 1. The summed E-state index contributed by atoms with van der Waals surface area (Å²) in [6, 6.07) is 5.98. The molecule has 0 bridgehead atoms. The van der Waals surface area contributed by atoms with Gasteiger partial charge in [0.05, 0.1) is 5.01 Å². The van der Waals surface area contributed by atoms with Crippen LogP contribution >= 0.6 is 11.3 Å². The van der Waals surface area contributed by atoms with Gasteiger partial charge in [0.1, 0.15) is 11.5 Å². The van der Waals surface area contributed by atoms with E-state index in [0.29, 0.717) is 11.4 Å². The number of thiazole rings is 1. The van der Waals surface area contributed by atoms with E-state index in [1.807, 2.05) is 6.92 Å². The van der Waals surface area contributed by atoms with Gasteiger partial charge in [-0.05, 0) is 30.7 Å². The number of hydrogen-bond acceptors (Lipinski definition) is 5. The molecule has 0 aliphatic carbocycles. The van der Waals surface area contributed by atoms with Gasteiger partial charge in [-0.3, -0.25) is 0 Å². The Morgan fingerprint density at radius 3 is 2.71 bits per heavy atom. The lowest BCUT2D eigenvalue weighted by Gasteiger charge is -2.01. The third-order valence-electron chi connectivity index (χ3n) is 2.11. The fourth-order valence-corrected chi connectivity index (χ4v) is 1.95. The SMILES string of the molecule is CCc1nc(C(=O)Oc2ccc(O)cc2)cs1. The molecule has 0 saturated carbocycles. The van der Waals surface area contributed by atoms with Crippen molar-refractivity contribution in [2.24, 2.45) is 0 Å². The minimum Gasteiger partial charge on any atom is -0.508 e. The summed E-state index contributed by atoms with van der Waals surface area (Å²) in [5.41, 5.74) is 0.319. The maximum Gasteiger partial charge on any atom is 0.363 e. The van der Waals surface area contributed by atoms with Gasteiger partial charge in [0, 0.05) is 5.38 Å². The molecule has 5 heteroatoms. The second-order valence-electron chi connectivity index (χ2n) is 3.36. The minimum absolute atomic E-state index is 0.131. The molecule has 0 fully saturated rings. The zero-order valence-corrected chi connectivity index (χ0v) is 10.0. The highest BCUT2D eigenvalue weighted by Gasteiger charge is 2.12. The molecular formula is C12H11NO3S. The molecule has 0 aliphatic heterocycles. The maximum absolute atomic E-state index is 11.7. The van der Waals surface area contributed by atoms with Gasteiger partial charge in [-0.25, -0.2) is 9.78 Å². The molecular weight excluding hydrogens is 238 g/mol. The largest absolute Gasteiger partial charge is 0.508 e. The maximum atomic E-state index is 11.7. The Bertz CT molecular complexity index is 519. The Morgan fingerprint density at radius 2 is 2.12 bits per heavy atom. The lowest BCUT2D eigenvalue weighted by Crippen LogP contribution is -2.08. The van der Waals surface area contributed by atoms with Crippen LogP contribution in [0.25, 0.3) is 0 Å². The van der Waals surface area contributed by atoms with Crippen molar-refractivity contribution in [1.82, 2.24) is 4.98 Å². The Balaban J connectivity index is 2.08. The van der Waals surface area contributed by atoms with Crippen LogP contribution in [-0.2, 0) is 6.42 Å². The third-order valence-corrected chi connectivity index (χ3v) is 3.10. The minimum atomic E-state index is -0.480. The van der Waals surface area contributed by atoms with Crippen LogP contribution in [0, 0.1) is 0 Å². The van der Waals surface area contributed by atoms with Gasteiger partial charge in [-0.1, -0.05) is 6.92 Å². The number of hydrogen-bond donors (Lipinski definition) is 1. The number of aromatic nitrogens is 1. The van der Waals surface area contributed by atoms with Gasteiger partial charge in [0.25, 0.3) is 0 Å². The Hall–Kier alpha value is -1.88. The first-order valence-corrected chi connectivity index (χ1v) is 6.02. The number of rotatable bonds is 3. The van der Waals surface area contributed by atoms with E-state index in [2.05, 4.69) is 4.98 Å². The van der Waals surface area contributed by atoms with E-state index in [1.54, 1.807) is 5.38 Å². The summed E-state index contributed by atoms with van der Waals surface area (Å²) in [6.45, 7) is 1.98. The van der Waals surface area contributed by atoms with Crippen LogP contribution in [0.5, 0.6) is 11.5 Å². The molecule has 88 valence electrons. The third kappa shape index (κ3) is 2.82. The highest BCUT2D eigenvalue weighted by atomic mass is 32.1. The number of aromatic hydroxyl groups is 1. The summed E-state index contributed by atoms with van der Waals surface area (Å²) in [4.78, 5) is 15.8. The molecule has 1 aromatic heterocycles. The quantitative estimate of drug-likeness (QED) is 0.671. The average molecular weight is 249 g/mol. The highest BCUT2D eigenvalue weighted by molar-refractivity contribution is 7.09. The van der Waals surface area contributed by atoms with Gasteiger partial charge in [-0.2, -0.15) is 0 Å². The summed E-state index contributed by atoms with van der Waals surface area (Å²) in [5.74, 6) is 0.0391. The Kier molecular flexibility index (Phi) is 3.39. The molecule has 0 amide bonds. The molecule has 0 atom stereocenters. The Labute approximate surface area is 103 Å². The van der Waals surface area contributed by atoms with Crippen molar-refractivity contribution in [2.45, 2.75) is 13.3 Å². The smallest absolute Gasteiger partial charge is 0.363 e. The lowest BCUT2D eigenvalue weighted by atomic mass is 10.3. The number of nitrogens with zero attached hydrogens (tertiary/aromatic N) is 1. The fraction of sp³-hybridized carbons (Fsp3) is 0.167. The van der Waals surface area contributed by atoms with Crippen LogP contribution in [0.3, 0.4) is 0 Å². The number of ether oxygens (including phenoxy) is 1. The summed E-state index contributed by atoms with van der Waals surface area (Å²) in [7, 11) is 0. The van der Waals surface area contributed by atoms with Crippen LogP contribution in [0.4, 0.5) is 0 Å². The van der Waals surface area contributed by atoms with Gasteiger partial charge in [0.2, 0.25) is 0 Å². The molecule has 1 aromatic carbocycles. The zero-order chi connectivity index (χ0) is 12.3. The standard InChI is InChI=1S/C12H11NO3S/c1-2-11-13-10(7-17-11)12(15)16-9-5-3-8(14)4-6-9/h3-7,14H,2H2,1H3. The van der Waals surface area contributed by atoms with Crippen molar-refractivity contribution >= 4 is 17.3 Å². The Morgan fingerprint density at radius 1 is 1.41 bits per heavy atom. The average Bonchev–Trinajstić information content (AvgIpc) is 2.81. The van der Waals surface area contributed by atoms with Crippen LogP contribution in [0.15, 0.2) is 29.6 Å². The van der Waals surface area contributed by atoms with Crippen LogP contribution in [0.1, 0.15) is 22.4 Å². The molecule has 2 aromatic rings. The van der Waals surface area contributed by atoms with Crippen molar-refractivity contribution in [3.63, 3.8) is 0 Å². The van der Waals surface area contributed by atoms with E-state index >= 15 is 0 Å². The van der Waals surface area contributed by atoms with E-state index in [4.69, 9.17) is 9.84 Å². The molecule has 1 heterocycles. The number of carbonyl (C=O) groups is 1. The van der Waals surface area contributed by atoms with E-state index in [9.17, 15) is 4.79 Å². The molecule has 1 N–H and O–H groups in total. The van der Waals surface area contributed by atoms with Crippen LogP contribution < -0.4 is 4.74 Å². The highest BCUT2D eigenvalue weighted by Crippen LogP contribution is 2.18. The topological polar surface area (TPSA) is 59.4 Å². The van der Waals surface area contributed by atoms with Gasteiger partial charge in [0.15, 0.2) is 5.69 Å². The molecule has 0 aliphatic rings. The second-order valence-corrected chi connectivity index (χ2v) is 4.31. The van der Waals surface area contributed by atoms with E-state index in [1.165, 1.54) is 35.6 Å². The first-order valence-electron chi connectivity index (χ1n) is 5.14. The zero-order valence-electron chi connectivity index (χ0n) is 9.21. The predicted octanol–water partition coefficient (Wildman–Crippen LogP) is 2.63. The van der Waals surface area contributed by atoms with Gasteiger partial charge in [-0.15, -0.1) is 11.3 Å². The van der Waals surface area contributed by atoms with E-state index in [-0.39, 0.29) is 5.75 Å². The second kappa shape index (κ2) is 4.97. The van der Waals surface area contributed by atoms with Crippen LogP contribution in [0.2, 0.25) is 0 Å².